The SMILES string of the molecule is CCCCCCCCC(CC)Oc1ccccc1-c1c2nc(c(-c3cc(-c4cccc(N(C)C)c4)cs3)c3ccc([nH]3)c(-c3cc(-c4cccc(N(C)C)c4)cs3)c3nc(c(-c4cc(-c5cccc(N(C)C)c5)cs4)c4ccc1[nH]4)C=C3)C=C2. The summed E-state index contributed by atoms with van der Waals surface area (Å²) in [5.41, 5.74) is 22.9. The molecule has 424 valence electrons. The van der Waals surface area contributed by atoms with E-state index in [-0.39, 0.29) is 6.10 Å². The summed E-state index contributed by atoms with van der Waals surface area (Å²) in [6, 6.07) is 50.8. The van der Waals surface area contributed by atoms with Crippen LogP contribution in [-0.4, -0.2) is 68.3 Å². The summed E-state index contributed by atoms with van der Waals surface area (Å²) >= 11 is 5.25. The van der Waals surface area contributed by atoms with Gasteiger partial charge in [-0.05, 0) is 178 Å². The van der Waals surface area contributed by atoms with E-state index in [0.717, 1.165) is 140 Å². The van der Waals surface area contributed by atoms with Crippen molar-refractivity contribution in [3.05, 3.63) is 178 Å². The van der Waals surface area contributed by atoms with Crippen molar-refractivity contribution in [2.75, 3.05) is 57.0 Å². The van der Waals surface area contributed by atoms with Gasteiger partial charge in [-0.1, -0.05) is 101 Å². The van der Waals surface area contributed by atoms with Crippen LogP contribution in [0.1, 0.15) is 88.0 Å². The summed E-state index contributed by atoms with van der Waals surface area (Å²) in [4.78, 5) is 29.4. The van der Waals surface area contributed by atoms with E-state index in [1.54, 1.807) is 34.0 Å². The average molecular weight is 1160 g/mol. The highest BCUT2D eigenvalue weighted by Crippen LogP contribution is 2.45. The smallest absolute Gasteiger partial charge is 0.127 e. The molecule has 10 aromatic rings. The van der Waals surface area contributed by atoms with Gasteiger partial charge < -0.3 is 29.4 Å². The van der Waals surface area contributed by atoms with Crippen molar-refractivity contribution in [1.29, 1.82) is 0 Å². The number of ether oxygens (including phenoxy) is 1. The fourth-order valence-electron chi connectivity index (χ4n) is 11.5. The molecule has 0 aliphatic carbocycles. The van der Waals surface area contributed by atoms with Gasteiger partial charge in [-0.25, -0.2) is 9.97 Å². The maximum atomic E-state index is 7.16. The first-order valence-electron chi connectivity index (χ1n) is 29.5. The van der Waals surface area contributed by atoms with E-state index in [1.807, 2.05) is 0 Å². The van der Waals surface area contributed by atoms with Crippen LogP contribution in [0.3, 0.4) is 0 Å². The number of aromatic nitrogens is 4. The third kappa shape index (κ3) is 11.8. The molecule has 0 spiro atoms. The zero-order valence-electron chi connectivity index (χ0n) is 49.4. The van der Waals surface area contributed by atoms with Gasteiger partial charge in [-0.3, -0.25) is 0 Å². The van der Waals surface area contributed by atoms with Gasteiger partial charge in [0, 0.05) is 124 Å². The molecule has 84 heavy (non-hydrogen) atoms. The van der Waals surface area contributed by atoms with Gasteiger partial charge in [0.15, 0.2) is 0 Å². The van der Waals surface area contributed by atoms with Crippen LogP contribution in [0.15, 0.2) is 156 Å². The second-order valence-electron chi connectivity index (χ2n) is 22.6. The number of fused-ring (bicyclic) bond motifs is 8. The van der Waals surface area contributed by atoms with Crippen LogP contribution in [0.4, 0.5) is 17.1 Å². The minimum Gasteiger partial charge on any atom is -0.490 e. The first-order valence-corrected chi connectivity index (χ1v) is 32.2. The minimum atomic E-state index is 0.0840. The molecule has 4 aromatic carbocycles. The van der Waals surface area contributed by atoms with Crippen LogP contribution in [0.5, 0.6) is 5.75 Å². The number of hydrogen-bond donors (Lipinski definition) is 2. The Morgan fingerprint density at radius 3 is 1.23 bits per heavy atom. The molecule has 2 aliphatic heterocycles. The number of thiophene rings is 3. The van der Waals surface area contributed by atoms with E-state index in [4.69, 9.17) is 14.7 Å². The molecule has 6 aromatic heterocycles. The average Bonchev–Trinajstić information content (AvgIpc) is 3.08. The lowest BCUT2D eigenvalue weighted by Gasteiger charge is -2.20. The zero-order valence-corrected chi connectivity index (χ0v) is 51.9. The third-order valence-corrected chi connectivity index (χ3v) is 19.0. The number of anilines is 3. The standard InChI is InChI=1S/C73H73N7OS3/c1-9-11-12-13-14-15-27-56(10-2)81-66-29-17-16-28-57(66)70-58-30-32-60(74-58)71(67-41-50(44-82-67)47-21-18-24-53(38-47)78(3)4)62-34-36-64(76-62)73(69-43-52(46-84-69)49-23-20-26-55(40-49)80(7)8)65-37-35-63(77-65)72(61-33-31-59(70)75-61)68-42-51(45-83-68)48-22-19-25-54(39-48)79(5)6/h16-26,28-46,56,74,77H,9-15,27H2,1-8H3. The molecule has 1 unspecified atom stereocenters. The molecule has 8 bridgehead atoms. The Morgan fingerprint density at radius 1 is 0.417 bits per heavy atom. The molecule has 8 heterocycles. The number of nitrogens with zero attached hydrogens (tertiary/aromatic N) is 5. The minimum absolute atomic E-state index is 0.0840. The van der Waals surface area contributed by atoms with E-state index < -0.39 is 0 Å². The Kier molecular flexibility index (Phi) is 16.7. The monoisotopic (exact) mass is 1160 g/mol. The highest BCUT2D eigenvalue weighted by atomic mass is 32.1. The summed E-state index contributed by atoms with van der Waals surface area (Å²) in [6.07, 6.45) is 18.4. The second-order valence-corrected chi connectivity index (χ2v) is 25.4. The van der Waals surface area contributed by atoms with Crippen LogP contribution in [-0.2, 0) is 0 Å². The fourth-order valence-corrected chi connectivity index (χ4v) is 14.4. The van der Waals surface area contributed by atoms with Crippen LogP contribution < -0.4 is 19.4 Å². The molecule has 0 fully saturated rings. The van der Waals surface area contributed by atoms with E-state index in [9.17, 15) is 0 Å². The molecule has 11 heteroatoms. The van der Waals surface area contributed by atoms with E-state index in [2.05, 4.69) is 261 Å². The number of hydrogen-bond acceptors (Lipinski definition) is 9. The van der Waals surface area contributed by atoms with Gasteiger partial charge in [0.05, 0.1) is 28.9 Å². The molecule has 12 rings (SSSR count). The lowest BCUT2D eigenvalue weighted by Crippen LogP contribution is -2.15. The van der Waals surface area contributed by atoms with E-state index in [1.165, 1.54) is 54.4 Å². The molecular formula is C73H73N7OS3. The number of unbranched alkanes of at least 4 members (excludes halogenated alkanes) is 5. The van der Waals surface area contributed by atoms with Gasteiger partial charge in [-0.2, -0.15) is 0 Å². The predicted octanol–water partition coefficient (Wildman–Crippen LogP) is 20.6. The molecule has 8 nitrogen and oxygen atoms in total. The Morgan fingerprint density at radius 2 is 0.810 bits per heavy atom. The van der Waals surface area contributed by atoms with Crippen LogP contribution in [0.25, 0.3) is 122 Å². The Labute approximate surface area is 507 Å². The molecular weight excluding hydrogens is 1090 g/mol. The van der Waals surface area contributed by atoms with Crippen molar-refractivity contribution >= 4 is 97.4 Å². The van der Waals surface area contributed by atoms with Crippen LogP contribution in [0.2, 0.25) is 0 Å². The van der Waals surface area contributed by atoms with Crippen molar-refractivity contribution in [2.45, 2.75) is 71.3 Å². The largest absolute Gasteiger partial charge is 0.490 e. The summed E-state index contributed by atoms with van der Waals surface area (Å²) in [5.74, 6) is 0.862. The summed E-state index contributed by atoms with van der Waals surface area (Å²) < 4.78 is 7.16. The first-order chi connectivity index (χ1) is 41.0. The molecule has 2 aliphatic rings. The maximum Gasteiger partial charge on any atom is 0.127 e. The van der Waals surface area contributed by atoms with Gasteiger partial charge in [0.2, 0.25) is 0 Å². The molecule has 0 radical (unpaired) electrons. The number of para-hydroxylation sites is 1. The van der Waals surface area contributed by atoms with E-state index in [0.29, 0.717) is 0 Å². The number of H-pyrrole nitrogens is 2. The Hall–Kier alpha value is -8.22. The van der Waals surface area contributed by atoms with Crippen LogP contribution in [0, 0.1) is 0 Å². The Balaban J connectivity index is 1.12. The van der Waals surface area contributed by atoms with Gasteiger partial charge in [0.25, 0.3) is 0 Å². The predicted molar refractivity (Wildman–Crippen MR) is 366 cm³/mol. The number of aromatic amines is 2. The second kappa shape index (κ2) is 24.9. The number of rotatable bonds is 20. The topological polar surface area (TPSA) is 76.3 Å². The van der Waals surface area contributed by atoms with Gasteiger partial charge in [0.1, 0.15) is 5.75 Å². The van der Waals surface area contributed by atoms with Crippen molar-refractivity contribution < 1.29 is 4.74 Å². The summed E-state index contributed by atoms with van der Waals surface area (Å²) in [7, 11) is 12.6. The highest BCUT2D eigenvalue weighted by molar-refractivity contribution is 7.14. The van der Waals surface area contributed by atoms with Gasteiger partial charge in [-0.15, -0.1) is 34.0 Å². The van der Waals surface area contributed by atoms with Crippen molar-refractivity contribution in [3.8, 4) is 81.6 Å². The first kappa shape index (κ1) is 56.3. The molecule has 0 saturated carbocycles. The Bertz CT molecular complexity index is 4150. The molecule has 1 atom stereocenters. The van der Waals surface area contributed by atoms with Crippen LogP contribution >= 0.6 is 34.0 Å². The highest BCUT2D eigenvalue weighted by Gasteiger charge is 2.23. The number of benzene rings is 4. The van der Waals surface area contributed by atoms with Crippen molar-refractivity contribution in [3.63, 3.8) is 0 Å². The van der Waals surface area contributed by atoms with Crippen molar-refractivity contribution in [2.24, 2.45) is 0 Å². The molecule has 0 amide bonds. The van der Waals surface area contributed by atoms with Gasteiger partial charge >= 0.3 is 0 Å². The van der Waals surface area contributed by atoms with E-state index >= 15 is 0 Å². The molecule has 2 N–H and O–H groups in total. The number of nitrogens with one attached hydrogen (secondary N) is 2. The fraction of sp³-hybridized carbons (Fsp3) is 0.233. The summed E-state index contributed by atoms with van der Waals surface area (Å²) in [6.45, 7) is 4.53. The zero-order chi connectivity index (χ0) is 57.8. The quantitative estimate of drug-likeness (QED) is 0.0741. The third-order valence-electron chi connectivity index (χ3n) is 16.2. The normalized spacial score (nSPS) is 12.3. The lowest BCUT2D eigenvalue weighted by molar-refractivity contribution is 0.183. The molecule has 0 saturated heterocycles. The maximum absolute atomic E-state index is 7.16. The van der Waals surface area contributed by atoms with Crippen molar-refractivity contribution in [1.82, 2.24) is 19.9 Å². The lowest BCUT2D eigenvalue weighted by atomic mass is 10.0. The summed E-state index contributed by atoms with van der Waals surface area (Å²) in [5, 5.41) is 6.84.